The number of ether oxygens (including phenoxy) is 2. The van der Waals surface area contributed by atoms with Crippen molar-refractivity contribution in [3.05, 3.63) is 59.7 Å². The van der Waals surface area contributed by atoms with Gasteiger partial charge in [-0.1, -0.05) is 36.4 Å². The number of nitrogens with two attached hydrogens (primary N) is 1. The van der Waals surface area contributed by atoms with Gasteiger partial charge in [0.2, 0.25) is 0 Å². The largest absolute Gasteiger partial charge is 0.497 e. The monoisotopic (exact) mass is 350 g/mol. The van der Waals surface area contributed by atoms with E-state index in [9.17, 15) is 0 Å². The lowest BCUT2D eigenvalue weighted by Gasteiger charge is -2.23. The third kappa shape index (κ3) is 6.04. The van der Waals surface area contributed by atoms with Gasteiger partial charge in [0.25, 0.3) is 0 Å². The number of rotatable bonds is 9. The normalized spacial score (nSPS) is 10.3. The molecule has 24 heavy (non-hydrogen) atoms. The van der Waals surface area contributed by atoms with Gasteiger partial charge in [0, 0.05) is 37.8 Å². The fourth-order valence-electron chi connectivity index (χ4n) is 2.61. The Hall–Kier alpha value is -1.75. The number of halogens is 1. The van der Waals surface area contributed by atoms with E-state index in [1.165, 1.54) is 5.56 Å². The first kappa shape index (κ1) is 20.3. The van der Waals surface area contributed by atoms with Crippen LogP contribution in [0.4, 0.5) is 0 Å². The Morgan fingerprint density at radius 3 is 2.33 bits per heavy atom. The van der Waals surface area contributed by atoms with E-state index >= 15 is 0 Å². The van der Waals surface area contributed by atoms with Crippen molar-refractivity contribution in [1.29, 1.82) is 0 Å². The fraction of sp³-hybridized carbons (Fsp3) is 0.368. The molecule has 0 unspecified atom stereocenters. The molecule has 0 bridgehead atoms. The highest BCUT2D eigenvalue weighted by atomic mass is 35.5. The Kier molecular flexibility index (Phi) is 9.23. The summed E-state index contributed by atoms with van der Waals surface area (Å²) in [7, 11) is 3.35. The smallest absolute Gasteiger partial charge is 0.127 e. The number of hydrogen-bond acceptors (Lipinski definition) is 4. The average Bonchev–Trinajstić information content (AvgIpc) is 2.61. The van der Waals surface area contributed by atoms with Crippen LogP contribution in [0.25, 0.3) is 0 Å². The Balaban J connectivity index is 0.00000288. The molecule has 2 rings (SSSR count). The van der Waals surface area contributed by atoms with Crippen molar-refractivity contribution in [3.63, 3.8) is 0 Å². The van der Waals surface area contributed by atoms with E-state index in [-0.39, 0.29) is 12.4 Å². The highest BCUT2D eigenvalue weighted by molar-refractivity contribution is 5.85. The molecule has 0 heterocycles. The van der Waals surface area contributed by atoms with Crippen LogP contribution in [0.1, 0.15) is 11.1 Å². The van der Waals surface area contributed by atoms with Crippen molar-refractivity contribution in [2.75, 3.05) is 33.9 Å². The molecule has 0 fully saturated rings. The van der Waals surface area contributed by atoms with Crippen molar-refractivity contribution in [3.8, 4) is 11.5 Å². The molecule has 0 atom stereocenters. The molecule has 0 saturated heterocycles. The fourth-order valence-corrected chi connectivity index (χ4v) is 2.61. The molecule has 0 radical (unpaired) electrons. The van der Waals surface area contributed by atoms with E-state index in [2.05, 4.69) is 35.2 Å². The maximum absolute atomic E-state index is 5.78. The maximum atomic E-state index is 5.78. The lowest BCUT2D eigenvalue weighted by Crippen LogP contribution is -2.31. The molecule has 0 amide bonds. The van der Waals surface area contributed by atoms with Crippen LogP contribution >= 0.6 is 12.4 Å². The second kappa shape index (κ2) is 10.9. The van der Waals surface area contributed by atoms with Crippen molar-refractivity contribution in [1.82, 2.24) is 4.90 Å². The summed E-state index contributed by atoms with van der Waals surface area (Å²) in [5.74, 6) is 1.66. The van der Waals surface area contributed by atoms with Gasteiger partial charge in [-0.2, -0.15) is 0 Å². The van der Waals surface area contributed by atoms with Crippen molar-refractivity contribution >= 4 is 12.4 Å². The molecule has 0 aliphatic rings. The number of methoxy groups -OCH3 is 2. The average molecular weight is 351 g/mol. The molecule has 2 aromatic carbocycles. The molecule has 132 valence electrons. The molecule has 0 spiro atoms. The molecular formula is C19H27ClN2O2. The van der Waals surface area contributed by atoms with Crippen LogP contribution in [0.2, 0.25) is 0 Å². The molecule has 0 saturated carbocycles. The van der Waals surface area contributed by atoms with Crippen LogP contribution in [0, 0.1) is 0 Å². The first-order chi connectivity index (χ1) is 11.3. The standard InChI is InChI=1S/C19H26N2O2.ClH/c1-22-18-9-8-17(19(14-18)23-2)15-21(13-11-20)12-10-16-6-4-3-5-7-16;/h3-9,14H,10-13,15,20H2,1-2H3;1H. The minimum Gasteiger partial charge on any atom is -0.497 e. The summed E-state index contributed by atoms with van der Waals surface area (Å²) in [5, 5.41) is 0. The predicted molar refractivity (Wildman–Crippen MR) is 101 cm³/mol. The van der Waals surface area contributed by atoms with Gasteiger partial charge in [0.1, 0.15) is 11.5 Å². The zero-order valence-corrected chi connectivity index (χ0v) is 15.2. The minimum absolute atomic E-state index is 0. The zero-order valence-electron chi connectivity index (χ0n) is 14.4. The Morgan fingerprint density at radius 2 is 1.71 bits per heavy atom. The summed E-state index contributed by atoms with van der Waals surface area (Å²) < 4.78 is 10.7. The van der Waals surface area contributed by atoms with E-state index < -0.39 is 0 Å². The second-order valence-corrected chi connectivity index (χ2v) is 5.48. The molecule has 0 aliphatic carbocycles. The van der Waals surface area contributed by atoms with Gasteiger partial charge in [0.05, 0.1) is 14.2 Å². The van der Waals surface area contributed by atoms with E-state index in [0.29, 0.717) is 6.54 Å². The van der Waals surface area contributed by atoms with E-state index in [4.69, 9.17) is 15.2 Å². The third-order valence-electron chi connectivity index (χ3n) is 3.89. The van der Waals surface area contributed by atoms with Crippen LogP contribution in [-0.2, 0) is 13.0 Å². The van der Waals surface area contributed by atoms with E-state index in [0.717, 1.165) is 43.1 Å². The summed E-state index contributed by atoms with van der Waals surface area (Å²) in [6.45, 7) is 3.29. The van der Waals surface area contributed by atoms with Crippen LogP contribution < -0.4 is 15.2 Å². The summed E-state index contributed by atoms with van der Waals surface area (Å²) >= 11 is 0. The van der Waals surface area contributed by atoms with E-state index in [1.54, 1.807) is 14.2 Å². The molecule has 2 N–H and O–H groups in total. The van der Waals surface area contributed by atoms with Gasteiger partial charge in [-0.3, -0.25) is 4.90 Å². The van der Waals surface area contributed by atoms with Crippen LogP contribution in [0.5, 0.6) is 11.5 Å². The Bertz CT molecular complexity index is 593. The summed E-state index contributed by atoms with van der Waals surface area (Å²) in [6.07, 6.45) is 1.01. The van der Waals surface area contributed by atoms with Crippen molar-refractivity contribution in [2.24, 2.45) is 5.73 Å². The van der Waals surface area contributed by atoms with Gasteiger partial charge >= 0.3 is 0 Å². The molecule has 2 aromatic rings. The Morgan fingerprint density at radius 1 is 0.958 bits per heavy atom. The lowest BCUT2D eigenvalue weighted by atomic mass is 10.1. The zero-order chi connectivity index (χ0) is 16.5. The first-order valence-corrected chi connectivity index (χ1v) is 7.94. The lowest BCUT2D eigenvalue weighted by molar-refractivity contribution is 0.271. The highest BCUT2D eigenvalue weighted by Gasteiger charge is 2.10. The molecule has 4 nitrogen and oxygen atoms in total. The van der Waals surface area contributed by atoms with Gasteiger partial charge in [-0.05, 0) is 18.1 Å². The predicted octanol–water partition coefficient (Wildman–Crippen LogP) is 3.13. The van der Waals surface area contributed by atoms with Crippen molar-refractivity contribution < 1.29 is 9.47 Å². The molecular weight excluding hydrogens is 324 g/mol. The number of nitrogens with zero attached hydrogens (tertiary/aromatic N) is 1. The second-order valence-electron chi connectivity index (χ2n) is 5.48. The minimum atomic E-state index is 0. The maximum Gasteiger partial charge on any atom is 0.127 e. The van der Waals surface area contributed by atoms with Gasteiger partial charge in [-0.15, -0.1) is 12.4 Å². The SMILES string of the molecule is COc1ccc(CN(CCN)CCc2ccccc2)c(OC)c1.Cl. The summed E-state index contributed by atoms with van der Waals surface area (Å²) in [6, 6.07) is 16.5. The summed E-state index contributed by atoms with van der Waals surface area (Å²) in [5.41, 5.74) is 8.27. The van der Waals surface area contributed by atoms with Crippen LogP contribution in [0.15, 0.2) is 48.5 Å². The first-order valence-electron chi connectivity index (χ1n) is 7.94. The quantitative estimate of drug-likeness (QED) is 0.754. The number of hydrogen-bond donors (Lipinski definition) is 1. The van der Waals surface area contributed by atoms with Gasteiger partial charge in [-0.25, -0.2) is 0 Å². The van der Waals surface area contributed by atoms with Crippen LogP contribution in [-0.4, -0.2) is 38.8 Å². The van der Waals surface area contributed by atoms with Gasteiger partial charge in [0.15, 0.2) is 0 Å². The Labute approximate surface area is 151 Å². The van der Waals surface area contributed by atoms with Gasteiger partial charge < -0.3 is 15.2 Å². The summed E-state index contributed by atoms with van der Waals surface area (Å²) in [4.78, 5) is 2.36. The van der Waals surface area contributed by atoms with E-state index in [1.807, 2.05) is 18.2 Å². The molecule has 0 aliphatic heterocycles. The topological polar surface area (TPSA) is 47.7 Å². The van der Waals surface area contributed by atoms with Crippen molar-refractivity contribution in [2.45, 2.75) is 13.0 Å². The molecule has 0 aromatic heterocycles. The number of benzene rings is 2. The molecule has 5 heteroatoms. The highest BCUT2D eigenvalue weighted by Crippen LogP contribution is 2.25. The van der Waals surface area contributed by atoms with Crippen LogP contribution in [0.3, 0.4) is 0 Å². The third-order valence-corrected chi connectivity index (χ3v) is 3.89.